The molecule has 0 aliphatic heterocycles. The Morgan fingerprint density at radius 2 is 2.42 bits per heavy atom. The van der Waals surface area contributed by atoms with Crippen molar-refractivity contribution in [1.82, 2.24) is 14.8 Å². The van der Waals surface area contributed by atoms with Crippen LogP contribution in [0.15, 0.2) is 17.8 Å². The Labute approximate surface area is 73.7 Å². The van der Waals surface area contributed by atoms with Crippen molar-refractivity contribution in [2.75, 3.05) is 5.73 Å². The number of hydrogen-bond donors (Lipinski definition) is 1. The first-order valence-electron chi connectivity index (χ1n) is 3.46. The zero-order chi connectivity index (χ0) is 8.55. The standard InChI is InChI=1S/C7H8N4S/c1-11-6(5(8)4-10-11)7-9-2-3-12-7/h2-4H,8H2,1H3. The van der Waals surface area contributed by atoms with Gasteiger partial charge < -0.3 is 5.73 Å². The first kappa shape index (κ1) is 7.30. The Balaban J connectivity index is 2.60. The minimum atomic E-state index is 0.674. The molecule has 0 amide bonds. The van der Waals surface area contributed by atoms with E-state index in [1.54, 1.807) is 28.4 Å². The first-order chi connectivity index (χ1) is 5.79. The fraction of sp³-hybridized carbons (Fsp3) is 0.143. The summed E-state index contributed by atoms with van der Waals surface area (Å²) in [5.74, 6) is 0. The molecule has 2 aromatic heterocycles. The molecule has 62 valence electrons. The second-order valence-electron chi connectivity index (χ2n) is 2.41. The molecule has 0 fully saturated rings. The van der Waals surface area contributed by atoms with Gasteiger partial charge in [0.1, 0.15) is 10.7 Å². The molecule has 5 heteroatoms. The van der Waals surface area contributed by atoms with Crippen LogP contribution in [0.5, 0.6) is 0 Å². The van der Waals surface area contributed by atoms with E-state index in [2.05, 4.69) is 10.1 Å². The van der Waals surface area contributed by atoms with Gasteiger partial charge in [0, 0.05) is 18.6 Å². The minimum absolute atomic E-state index is 0.674. The highest BCUT2D eigenvalue weighted by Crippen LogP contribution is 2.26. The lowest BCUT2D eigenvalue weighted by Crippen LogP contribution is -1.94. The molecular weight excluding hydrogens is 172 g/mol. The predicted octanol–water partition coefficient (Wildman–Crippen LogP) is 1.13. The molecule has 2 aromatic rings. The van der Waals surface area contributed by atoms with Crippen molar-refractivity contribution in [3.05, 3.63) is 17.8 Å². The van der Waals surface area contributed by atoms with Gasteiger partial charge in [-0.25, -0.2) is 4.98 Å². The fourth-order valence-corrected chi connectivity index (χ4v) is 1.79. The van der Waals surface area contributed by atoms with Crippen LogP contribution in [0.4, 0.5) is 5.69 Å². The van der Waals surface area contributed by atoms with E-state index < -0.39 is 0 Å². The Kier molecular flexibility index (Phi) is 1.58. The second-order valence-corrected chi connectivity index (χ2v) is 3.30. The van der Waals surface area contributed by atoms with Crippen LogP contribution in [-0.2, 0) is 7.05 Å². The summed E-state index contributed by atoms with van der Waals surface area (Å²) in [5, 5.41) is 6.86. The molecule has 12 heavy (non-hydrogen) atoms. The lowest BCUT2D eigenvalue weighted by atomic mass is 10.4. The van der Waals surface area contributed by atoms with Crippen molar-refractivity contribution in [3.8, 4) is 10.7 Å². The van der Waals surface area contributed by atoms with E-state index in [4.69, 9.17) is 5.73 Å². The summed E-state index contributed by atoms with van der Waals surface area (Å²) in [4.78, 5) is 4.16. The summed E-state index contributed by atoms with van der Waals surface area (Å²) in [5.41, 5.74) is 7.28. The highest BCUT2D eigenvalue weighted by molar-refractivity contribution is 7.13. The summed E-state index contributed by atoms with van der Waals surface area (Å²) in [6, 6.07) is 0. The molecule has 0 bridgehead atoms. The van der Waals surface area contributed by atoms with Crippen molar-refractivity contribution in [1.29, 1.82) is 0 Å². The van der Waals surface area contributed by atoms with Gasteiger partial charge in [0.25, 0.3) is 0 Å². The number of hydrogen-bond acceptors (Lipinski definition) is 4. The average molecular weight is 180 g/mol. The van der Waals surface area contributed by atoms with Crippen molar-refractivity contribution in [3.63, 3.8) is 0 Å². The highest BCUT2D eigenvalue weighted by Gasteiger charge is 2.09. The van der Waals surface area contributed by atoms with Crippen molar-refractivity contribution in [2.24, 2.45) is 7.05 Å². The van der Waals surface area contributed by atoms with Gasteiger partial charge in [-0.3, -0.25) is 4.68 Å². The highest BCUT2D eigenvalue weighted by atomic mass is 32.1. The molecule has 0 radical (unpaired) electrons. The van der Waals surface area contributed by atoms with Crippen molar-refractivity contribution < 1.29 is 0 Å². The van der Waals surface area contributed by atoms with Gasteiger partial charge in [-0.1, -0.05) is 0 Å². The Morgan fingerprint density at radius 1 is 1.58 bits per heavy atom. The molecule has 0 saturated heterocycles. The van der Waals surface area contributed by atoms with E-state index in [0.29, 0.717) is 5.69 Å². The molecule has 2 N–H and O–H groups in total. The van der Waals surface area contributed by atoms with Gasteiger partial charge in [-0.2, -0.15) is 5.10 Å². The molecular formula is C7H8N4S. The van der Waals surface area contributed by atoms with Crippen LogP contribution in [0.25, 0.3) is 10.7 Å². The summed E-state index contributed by atoms with van der Waals surface area (Å²) in [6.45, 7) is 0. The van der Waals surface area contributed by atoms with Crippen molar-refractivity contribution >= 4 is 17.0 Å². The van der Waals surface area contributed by atoms with Gasteiger partial charge >= 0.3 is 0 Å². The molecule has 0 unspecified atom stereocenters. The lowest BCUT2D eigenvalue weighted by molar-refractivity contribution is 0.775. The maximum absolute atomic E-state index is 5.72. The third kappa shape index (κ3) is 0.984. The smallest absolute Gasteiger partial charge is 0.143 e. The summed E-state index contributed by atoms with van der Waals surface area (Å²) in [7, 11) is 1.85. The molecule has 4 nitrogen and oxygen atoms in total. The number of aromatic nitrogens is 3. The molecule has 0 atom stereocenters. The van der Waals surface area contributed by atoms with Crippen LogP contribution in [0, 0.1) is 0 Å². The fourth-order valence-electron chi connectivity index (χ4n) is 1.06. The zero-order valence-electron chi connectivity index (χ0n) is 6.56. The van der Waals surface area contributed by atoms with E-state index in [1.165, 1.54) is 0 Å². The number of nitrogens with zero attached hydrogens (tertiary/aromatic N) is 3. The molecule has 2 heterocycles. The van der Waals surface area contributed by atoms with Crippen LogP contribution in [0.2, 0.25) is 0 Å². The maximum atomic E-state index is 5.72. The van der Waals surface area contributed by atoms with E-state index in [9.17, 15) is 0 Å². The molecule has 0 spiro atoms. The summed E-state index contributed by atoms with van der Waals surface area (Å²) < 4.78 is 1.73. The van der Waals surface area contributed by atoms with Crippen LogP contribution < -0.4 is 5.73 Å². The van der Waals surface area contributed by atoms with Gasteiger partial charge in [0.2, 0.25) is 0 Å². The third-order valence-corrected chi connectivity index (χ3v) is 2.38. The van der Waals surface area contributed by atoms with Crippen LogP contribution in [0.1, 0.15) is 0 Å². The number of aryl methyl sites for hydroxylation is 1. The lowest BCUT2D eigenvalue weighted by Gasteiger charge is -1.97. The van der Waals surface area contributed by atoms with Gasteiger partial charge in [-0.15, -0.1) is 11.3 Å². The monoisotopic (exact) mass is 180 g/mol. The van der Waals surface area contributed by atoms with E-state index in [1.807, 2.05) is 12.4 Å². The first-order valence-corrected chi connectivity index (χ1v) is 4.34. The SMILES string of the molecule is Cn1ncc(N)c1-c1nccs1. The molecule has 0 aliphatic rings. The van der Waals surface area contributed by atoms with Crippen LogP contribution in [0.3, 0.4) is 0 Å². The predicted molar refractivity (Wildman–Crippen MR) is 48.7 cm³/mol. The summed E-state index contributed by atoms with van der Waals surface area (Å²) >= 11 is 1.56. The van der Waals surface area contributed by atoms with Crippen LogP contribution >= 0.6 is 11.3 Å². The Hall–Kier alpha value is -1.36. The number of rotatable bonds is 1. The minimum Gasteiger partial charge on any atom is -0.396 e. The molecule has 0 aliphatic carbocycles. The van der Waals surface area contributed by atoms with Crippen LogP contribution in [-0.4, -0.2) is 14.8 Å². The van der Waals surface area contributed by atoms with Gasteiger partial charge in [0.05, 0.1) is 11.9 Å². The molecule has 0 aromatic carbocycles. The topological polar surface area (TPSA) is 56.7 Å². The van der Waals surface area contributed by atoms with Gasteiger partial charge in [0.15, 0.2) is 0 Å². The van der Waals surface area contributed by atoms with Crippen molar-refractivity contribution in [2.45, 2.75) is 0 Å². The normalized spacial score (nSPS) is 10.4. The zero-order valence-corrected chi connectivity index (χ0v) is 7.38. The van der Waals surface area contributed by atoms with E-state index in [0.717, 1.165) is 10.7 Å². The number of anilines is 1. The largest absolute Gasteiger partial charge is 0.396 e. The summed E-state index contributed by atoms with van der Waals surface area (Å²) in [6.07, 6.45) is 3.39. The Bertz CT molecular complexity index is 357. The van der Waals surface area contributed by atoms with E-state index >= 15 is 0 Å². The second kappa shape index (κ2) is 2.60. The van der Waals surface area contributed by atoms with Gasteiger partial charge in [-0.05, 0) is 0 Å². The van der Waals surface area contributed by atoms with E-state index in [-0.39, 0.29) is 0 Å². The number of nitrogen functional groups attached to an aromatic ring is 1. The molecule has 2 rings (SSSR count). The average Bonchev–Trinajstić information content (AvgIpc) is 2.61. The Morgan fingerprint density at radius 3 is 2.92 bits per heavy atom. The quantitative estimate of drug-likeness (QED) is 0.715. The maximum Gasteiger partial charge on any atom is 0.143 e. The molecule has 0 saturated carbocycles. The number of nitrogens with two attached hydrogens (primary N) is 1. The number of thiazole rings is 1. The third-order valence-electron chi connectivity index (χ3n) is 1.60.